The maximum Gasteiger partial charge on any atom is 0.433 e. The third-order valence-corrected chi connectivity index (χ3v) is 4.02. The van der Waals surface area contributed by atoms with Crippen molar-refractivity contribution in [3.8, 4) is 0 Å². The number of fused-ring (bicyclic) bond motifs is 1. The Morgan fingerprint density at radius 1 is 1.16 bits per heavy atom. The van der Waals surface area contributed by atoms with Crippen LogP contribution in [0.25, 0.3) is 10.9 Å². The van der Waals surface area contributed by atoms with Crippen molar-refractivity contribution in [3.05, 3.63) is 52.3 Å². The minimum absolute atomic E-state index is 0.409. The first-order valence-electron chi connectivity index (χ1n) is 7.33. The van der Waals surface area contributed by atoms with Crippen molar-refractivity contribution in [1.82, 2.24) is 19.9 Å². The van der Waals surface area contributed by atoms with Crippen LogP contribution in [0.3, 0.4) is 0 Å². The lowest BCUT2D eigenvalue weighted by Crippen LogP contribution is -2.13. The Labute approximate surface area is 149 Å². The van der Waals surface area contributed by atoms with E-state index in [0.717, 1.165) is 17.6 Å². The number of pyridine rings is 2. The van der Waals surface area contributed by atoms with Gasteiger partial charge in [-0.2, -0.15) is 13.2 Å². The smallest absolute Gasteiger partial charge is 0.363 e. The molecule has 0 saturated heterocycles. The number of halogens is 4. The standard InChI is InChI=1S/C16H13BrF3N5/c1-8(10-3-4-21-13(5-10)16(18,19)20)23-15-11-6-14(17)22-7-12(11)24-9(2)25-15/h3-8H,1-2H3,(H,23,24,25)/t8-/m0/s1. The van der Waals surface area contributed by atoms with Crippen molar-refractivity contribution < 1.29 is 13.2 Å². The molecule has 25 heavy (non-hydrogen) atoms. The summed E-state index contributed by atoms with van der Waals surface area (Å²) in [6, 6.07) is 3.93. The molecule has 0 unspecified atom stereocenters. The first-order chi connectivity index (χ1) is 11.7. The highest BCUT2D eigenvalue weighted by Crippen LogP contribution is 2.30. The van der Waals surface area contributed by atoms with Crippen LogP contribution in [-0.4, -0.2) is 19.9 Å². The highest BCUT2D eigenvalue weighted by atomic mass is 79.9. The van der Waals surface area contributed by atoms with Gasteiger partial charge in [-0.25, -0.2) is 15.0 Å². The number of alkyl halides is 3. The molecule has 0 aliphatic heterocycles. The fraction of sp³-hybridized carbons (Fsp3) is 0.250. The van der Waals surface area contributed by atoms with Crippen molar-refractivity contribution in [2.24, 2.45) is 0 Å². The molecule has 3 heterocycles. The Morgan fingerprint density at radius 2 is 1.92 bits per heavy atom. The lowest BCUT2D eigenvalue weighted by atomic mass is 10.1. The summed E-state index contributed by atoms with van der Waals surface area (Å²) < 4.78 is 39.2. The minimum Gasteiger partial charge on any atom is -0.363 e. The molecular weight excluding hydrogens is 399 g/mol. The molecule has 1 N–H and O–H groups in total. The van der Waals surface area contributed by atoms with E-state index in [1.807, 2.05) is 0 Å². The molecule has 5 nitrogen and oxygen atoms in total. The first kappa shape index (κ1) is 17.5. The Hall–Kier alpha value is -2.29. The average Bonchev–Trinajstić information content (AvgIpc) is 2.55. The van der Waals surface area contributed by atoms with Crippen LogP contribution in [0, 0.1) is 6.92 Å². The predicted octanol–water partition coefficient (Wildman–Crippen LogP) is 4.68. The van der Waals surface area contributed by atoms with Gasteiger partial charge < -0.3 is 5.32 Å². The van der Waals surface area contributed by atoms with Crippen LogP contribution >= 0.6 is 15.9 Å². The predicted molar refractivity (Wildman–Crippen MR) is 91.0 cm³/mol. The summed E-state index contributed by atoms with van der Waals surface area (Å²) >= 11 is 3.30. The van der Waals surface area contributed by atoms with E-state index in [-0.39, 0.29) is 0 Å². The molecule has 0 saturated carbocycles. The lowest BCUT2D eigenvalue weighted by Gasteiger charge is -2.17. The van der Waals surface area contributed by atoms with Crippen molar-refractivity contribution in [3.63, 3.8) is 0 Å². The number of anilines is 1. The number of rotatable bonds is 3. The van der Waals surface area contributed by atoms with Crippen LogP contribution in [-0.2, 0) is 6.18 Å². The third-order valence-electron chi connectivity index (χ3n) is 3.59. The number of aryl methyl sites for hydroxylation is 1. The van der Waals surface area contributed by atoms with Crippen LogP contribution in [0.1, 0.15) is 30.0 Å². The van der Waals surface area contributed by atoms with E-state index in [4.69, 9.17) is 0 Å². The molecule has 0 aliphatic carbocycles. The van der Waals surface area contributed by atoms with Crippen molar-refractivity contribution in [2.75, 3.05) is 5.32 Å². The van der Waals surface area contributed by atoms with Gasteiger partial charge in [0.15, 0.2) is 0 Å². The molecule has 0 spiro atoms. The largest absolute Gasteiger partial charge is 0.433 e. The van der Waals surface area contributed by atoms with E-state index >= 15 is 0 Å². The summed E-state index contributed by atoms with van der Waals surface area (Å²) in [6.07, 6.45) is -1.72. The highest BCUT2D eigenvalue weighted by Gasteiger charge is 2.32. The topological polar surface area (TPSA) is 63.6 Å². The van der Waals surface area contributed by atoms with Gasteiger partial charge in [-0.3, -0.25) is 4.98 Å². The molecule has 3 rings (SSSR count). The number of nitrogens with zero attached hydrogens (tertiary/aromatic N) is 4. The van der Waals surface area contributed by atoms with Crippen molar-refractivity contribution in [1.29, 1.82) is 0 Å². The zero-order chi connectivity index (χ0) is 18.2. The molecule has 0 aromatic carbocycles. The monoisotopic (exact) mass is 411 g/mol. The summed E-state index contributed by atoms with van der Waals surface area (Å²) in [5.74, 6) is 1.07. The summed E-state index contributed by atoms with van der Waals surface area (Å²) in [5.41, 5.74) is 0.185. The van der Waals surface area contributed by atoms with Crippen molar-refractivity contribution >= 4 is 32.7 Å². The number of nitrogens with one attached hydrogen (secondary N) is 1. The molecule has 0 bridgehead atoms. The zero-order valence-electron chi connectivity index (χ0n) is 13.3. The molecule has 130 valence electrons. The zero-order valence-corrected chi connectivity index (χ0v) is 14.9. The van der Waals surface area contributed by atoms with E-state index in [1.165, 1.54) is 0 Å². The molecule has 0 fully saturated rings. The molecular formula is C16H13BrF3N5. The molecule has 0 radical (unpaired) electrons. The molecule has 0 amide bonds. The molecule has 3 aromatic rings. The van der Waals surface area contributed by atoms with Crippen LogP contribution in [0.5, 0.6) is 0 Å². The van der Waals surface area contributed by atoms with Gasteiger partial charge in [0.25, 0.3) is 0 Å². The quantitative estimate of drug-likeness (QED) is 0.633. The van der Waals surface area contributed by atoms with Gasteiger partial charge in [0.1, 0.15) is 21.9 Å². The van der Waals surface area contributed by atoms with Gasteiger partial charge in [-0.1, -0.05) is 0 Å². The average molecular weight is 412 g/mol. The van der Waals surface area contributed by atoms with Crippen LogP contribution in [0.15, 0.2) is 35.2 Å². The molecule has 3 aromatic heterocycles. The normalized spacial score (nSPS) is 13.0. The maximum absolute atomic E-state index is 12.8. The Kier molecular flexibility index (Phi) is 4.59. The molecule has 1 atom stereocenters. The van der Waals surface area contributed by atoms with Crippen LogP contribution in [0.2, 0.25) is 0 Å². The van der Waals surface area contributed by atoms with Gasteiger partial charge in [0.2, 0.25) is 0 Å². The number of hydrogen-bond acceptors (Lipinski definition) is 5. The van der Waals surface area contributed by atoms with Gasteiger partial charge in [0, 0.05) is 11.6 Å². The Morgan fingerprint density at radius 3 is 2.64 bits per heavy atom. The van der Waals surface area contributed by atoms with E-state index < -0.39 is 17.9 Å². The Balaban J connectivity index is 1.97. The molecule has 9 heteroatoms. The summed E-state index contributed by atoms with van der Waals surface area (Å²) in [5, 5.41) is 3.88. The maximum atomic E-state index is 12.8. The van der Waals surface area contributed by atoms with Crippen LogP contribution in [0.4, 0.5) is 19.0 Å². The fourth-order valence-electron chi connectivity index (χ4n) is 2.39. The van der Waals surface area contributed by atoms with E-state index in [2.05, 4.69) is 41.2 Å². The second-order valence-electron chi connectivity index (χ2n) is 5.48. The number of aromatic nitrogens is 4. The SMILES string of the molecule is Cc1nc(N[C@@H](C)c2ccnc(C(F)(F)F)c2)c2cc(Br)ncc2n1. The highest BCUT2D eigenvalue weighted by molar-refractivity contribution is 9.10. The second-order valence-corrected chi connectivity index (χ2v) is 6.29. The number of hydrogen-bond donors (Lipinski definition) is 1. The minimum atomic E-state index is -4.48. The Bertz CT molecular complexity index is 929. The third kappa shape index (κ3) is 3.87. The second kappa shape index (κ2) is 6.55. The summed E-state index contributed by atoms with van der Waals surface area (Å²) in [6.45, 7) is 3.50. The van der Waals surface area contributed by atoms with Gasteiger partial charge in [-0.05, 0) is 53.5 Å². The van der Waals surface area contributed by atoms with Crippen LogP contribution < -0.4 is 5.32 Å². The molecule has 0 aliphatic rings. The van der Waals surface area contributed by atoms with E-state index in [0.29, 0.717) is 27.3 Å². The fourth-order valence-corrected chi connectivity index (χ4v) is 2.72. The van der Waals surface area contributed by atoms with E-state index in [1.54, 1.807) is 32.2 Å². The summed E-state index contributed by atoms with van der Waals surface area (Å²) in [7, 11) is 0. The van der Waals surface area contributed by atoms with Gasteiger partial charge in [-0.15, -0.1) is 0 Å². The van der Waals surface area contributed by atoms with Gasteiger partial charge in [0.05, 0.1) is 17.8 Å². The van der Waals surface area contributed by atoms with Crippen molar-refractivity contribution in [2.45, 2.75) is 26.1 Å². The van der Waals surface area contributed by atoms with E-state index in [9.17, 15) is 13.2 Å². The first-order valence-corrected chi connectivity index (χ1v) is 8.13. The van der Waals surface area contributed by atoms with Gasteiger partial charge >= 0.3 is 6.18 Å². The summed E-state index contributed by atoms with van der Waals surface area (Å²) in [4.78, 5) is 16.2. The lowest BCUT2D eigenvalue weighted by molar-refractivity contribution is -0.141.